The fraction of sp³-hybridized carbons (Fsp3) is 0.161. The molecular formula is C31H27N3O3. The van der Waals surface area contributed by atoms with E-state index in [1.807, 2.05) is 97.9 Å². The van der Waals surface area contributed by atoms with Gasteiger partial charge in [-0.15, -0.1) is 0 Å². The van der Waals surface area contributed by atoms with Gasteiger partial charge >= 0.3 is 6.03 Å². The standard InChI is InChI=1S/C31H27N3O3/c1-20-13-15-23(16-14-20)32-31(36)34-26-11-6-5-10-24(26)33-25-18-22(28-12-7-17-37-28)19-27(35)29(25)30(34)21-8-3-2-4-9-21/h2-17,22,30,33H,18-19H2,1H3,(H,32,36)/t22-,30-/m0/s1. The maximum atomic E-state index is 14.0. The Bertz CT molecular complexity index is 1470. The second-order valence-corrected chi connectivity index (χ2v) is 9.56. The van der Waals surface area contributed by atoms with E-state index < -0.39 is 6.04 Å². The Morgan fingerprint density at radius 2 is 1.68 bits per heavy atom. The smallest absolute Gasteiger partial charge is 0.327 e. The van der Waals surface area contributed by atoms with Crippen molar-refractivity contribution in [2.45, 2.75) is 31.7 Å². The summed E-state index contributed by atoms with van der Waals surface area (Å²) < 4.78 is 5.67. The Morgan fingerprint density at radius 1 is 0.919 bits per heavy atom. The van der Waals surface area contributed by atoms with E-state index in [0.29, 0.717) is 29.8 Å². The Balaban J connectivity index is 1.50. The fourth-order valence-electron chi connectivity index (χ4n) is 5.31. The third-order valence-corrected chi connectivity index (χ3v) is 7.07. The number of nitrogens with zero attached hydrogens (tertiary/aromatic N) is 1. The van der Waals surface area contributed by atoms with E-state index in [2.05, 4.69) is 10.6 Å². The highest BCUT2D eigenvalue weighted by Crippen LogP contribution is 2.47. The molecule has 2 amide bonds. The molecule has 0 unspecified atom stereocenters. The topological polar surface area (TPSA) is 74.6 Å². The zero-order valence-electron chi connectivity index (χ0n) is 20.5. The fourth-order valence-corrected chi connectivity index (χ4v) is 5.31. The van der Waals surface area contributed by atoms with Crippen LogP contribution in [0.1, 0.15) is 41.7 Å². The molecular weight excluding hydrogens is 462 g/mol. The van der Waals surface area contributed by atoms with Crippen LogP contribution in [0, 0.1) is 6.92 Å². The van der Waals surface area contributed by atoms with Gasteiger partial charge in [0.15, 0.2) is 5.78 Å². The Kier molecular flexibility index (Phi) is 5.85. The summed E-state index contributed by atoms with van der Waals surface area (Å²) in [6.07, 6.45) is 2.57. The Labute approximate surface area is 215 Å². The van der Waals surface area contributed by atoms with Gasteiger partial charge in [-0.2, -0.15) is 0 Å². The van der Waals surface area contributed by atoms with E-state index in [1.54, 1.807) is 11.2 Å². The third-order valence-electron chi connectivity index (χ3n) is 7.07. The SMILES string of the molecule is Cc1ccc(NC(=O)N2c3ccccc3NC3=C(C(=O)C[C@@H](c4ccco4)C3)[C@@H]2c2ccccc2)cc1. The van der Waals surface area contributed by atoms with Gasteiger partial charge in [0.25, 0.3) is 0 Å². The average Bonchev–Trinajstić information content (AvgIpc) is 3.40. The number of benzene rings is 3. The highest BCUT2D eigenvalue weighted by atomic mass is 16.3. The van der Waals surface area contributed by atoms with Crippen molar-refractivity contribution in [3.8, 4) is 0 Å². The van der Waals surface area contributed by atoms with Crippen molar-refractivity contribution in [3.63, 3.8) is 0 Å². The molecule has 0 fully saturated rings. The number of rotatable bonds is 3. The van der Waals surface area contributed by atoms with Crippen LogP contribution in [-0.4, -0.2) is 11.8 Å². The molecule has 1 aromatic heterocycles. The number of hydrogen-bond donors (Lipinski definition) is 2. The number of urea groups is 1. The zero-order chi connectivity index (χ0) is 25.4. The molecule has 6 heteroatoms. The Morgan fingerprint density at radius 3 is 2.43 bits per heavy atom. The predicted molar refractivity (Wildman–Crippen MR) is 145 cm³/mol. The minimum absolute atomic E-state index is 0.00458. The van der Waals surface area contributed by atoms with E-state index in [4.69, 9.17) is 4.42 Å². The molecule has 1 aliphatic heterocycles. The number of furan rings is 1. The zero-order valence-corrected chi connectivity index (χ0v) is 20.5. The van der Waals surface area contributed by atoms with Crippen molar-refractivity contribution >= 4 is 28.9 Å². The minimum Gasteiger partial charge on any atom is -0.469 e. The molecule has 0 bridgehead atoms. The number of aryl methyl sites for hydroxylation is 1. The highest BCUT2D eigenvalue weighted by Gasteiger charge is 2.42. The molecule has 184 valence electrons. The number of amides is 2. The van der Waals surface area contributed by atoms with Crippen molar-refractivity contribution in [2.24, 2.45) is 0 Å². The van der Waals surface area contributed by atoms with Gasteiger partial charge in [-0.25, -0.2) is 4.79 Å². The molecule has 37 heavy (non-hydrogen) atoms. The molecule has 0 saturated heterocycles. The number of carbonyl (C=O) groups excluding carboxylic acids is 2. The normalized spacial score (nSPS) is 18.9. The van der Waals surface area contributed by atoms with Crippen LogP contribution in [0.15, 0.2) is 113 Å². The van der Waals surface area contributed by atoms with Crippen LogP contribution < -0.4 is 15.5 Å². The number of allylic oxidation sites excluding steroid dienone is 1. The number of carbonyl (C=O) groups is 2. The summed E-state index contributed by atoms with van der Waals surface area (Å²) in [5.74, 6) is 0.736. The first-order valence-electron chi connectivity index (χ1n) is 12.5. The van der Waals surface area contributed by atoms with Crippen LogP contribution >= 0.6 is 0 Å². The van der Waals surface area contributed by atoms with Crippen LogP contribution in [0.2, 0.25) is 0 Å². The molecule has 6 nitrogen and oxygen atoms in total. The summed E-state index contributed by atoms with van der Waals surface area (Å²) in [5, 5.41) is 6.59. The van der Waals surface area contributed by atoms with E-state index >= 15 is 0 Å². The number of hydrogen-bond acceptors (Lipinski definition) is 4. The van der Waals surface area contributed by atoms with Gasteiger partial charge in [-0.05, 0) is 55.3 Å². The molecule has 0 radical (unpaired) electrons. The summed E-state index contributed by atoms with van der Waals surface area (Å²) in [6, 6.07) is 28.0. The van der Waals surface area contributed by atoms with Gasteiger partial charge in [-0.1, -0.05) is 60.2 Å². The summed E-state index contributed by atoms with van der Waals surface area (Å²) in [4.78, 5) is 29.6. The van der Waals surface area contributed by atoms with Gasteiger partial charge in [-0.3, -0.25) is 9.69 Å². The van der Waals surface area contributed by atoms with Crippen molar-refractivity contribution in [3.05, 3.63) is 125 Å². The second-order valence-electron chi connectivity index (χ2n) is 9.56. The van der Waals surface area contributed by atoms with E-state index in [-0.39, 0.29) is 17.7 Å². The van der Waals surface area contributed by atoms with Gasteiger partial charge in [0.1, 0.15) is 5.76 Å². The van der Waals surface area contributed by atoms with Gasteiger partial charge < -0.3 is 15.1 Å². The Hall–Kier alpha value is -4.58. The molecule has 1 aliphatic carbocycles. The van der Waals surface area contributed by atoms with Gasteiger partial charge in [0, 0.05) is 29.3 Å². The molecule has 6 rings (SSSR count). The number of nitrogens with one attached hydrogen (secondary N) is 2. The number of para-hydroxylation sites is 2. The lowest BCUT2D eigenvalue weighted by molar-refractivity contribution is -0.116. The average molecular weight is 490 g/mol. The van der Waals surface area contributed by atoms with Gasteiger partial charge in [0.05, 0.1) is 23.7 Å². The molecule has 0 spiro atoms. The largest absolute Gasteiger partial charge is 0.469 e. The quantitative estimate of drug-likeness (QED) is 0.319. The first-order chi connectivity index (χ1) is 18.1. The van der Waals surface area contributed by atoms with Crippen LogP contribution in [0.25, 0.3) is 0 Å². The first-order valence-corrected chi connectivity index (χ1v) is 12.5. The van der Waals surface area contributed by atoms with Crippen molar-refractivity contribution in [1.29, 1.82) is 0 Å². The lowest BCUT2D eigenvalue weighted by Crippen LogP contribution is -2.41. The second kappa shape index (κ2) is 9.47. The maximum absolute atomic E-state index is 14.0. The molecule has 2 N–H and O–H groups in total. The number of anilines is 3. The first kappa shape index (κ1) is 22.9. The van der Waals surface area contributed by atoms with Gasteiger partial charge in [0.2, 0.25) is 0 Å². The van der Waals surface area contributed by atoms with Crippen molar-refractivity contribution in [1.82, 2.24) is 0 Å². The number of ketones is 1. The maximum Gasteiger partial charge on any atom is 0.327 e. The van der Waals surface area contributed by atoms with E-state index in [1.165, 1.54) is 0 Å². The lowest BCUT2D eigenvalue weighted by atomic mass is 9.80. The summed E-state index contributed by atoms with van der Waals surface area (Å²) in [7, 11) is 0. The van der Waals surface area contributed by atoms with E-state index in [9.17, 15) is 9.59 Å². The molecule has 2 heterocycles. The molecule has 0 saturated carbocycles. The van der Waals surface area contributed by atoms with Crippen LogP contribution in [-0.2, 0) is 4.79 Å². The van der Waals surface area contributed by atoms with Crippen LogP contribution in [0.3, 0.4) is 0 Å². The van der Waals surface area contributed by atoms with Crippen LogP contribution in [0.4, 0.5) is 21.9 Å². The molecule has 2 aliphatic rings. The highest BCUT2D eigenvalue weighted by molar-refractivity contribution is 6.09. The van der Waals surface area contributed by atoms with Crippen molar-refractivity contribution < 1.29 is 14.0 Å². The monoisotopic (exact) mass is 489 g/mol. The van der Waals surface area contributed by atoms with E-state index in [0.717, 1.165) is 28.3 Å². The third kappa shape index (κ3) is 4.31. The lowest BCUT2D eigenvalue weighted by Gasteiger charge is -2.34. The molecule has 2 atom stereocenters. The number of Topliss-reactive ketones (excluding diaryl/α,β-unsaturated/α-hetero) is 1. The molecule has 3 aromatic carbocycles. The number of fused-ring (bicyclic) bond motifs is 1. The summed E-state index contributed by atoms with van der Waals surface area (Å²) in [5.41, 5.74) is 5.60. The minimum atomic E-state index is -0.595. The summed E-state index contributed by atoms with van der Waals surface area (Å²) in [6.45, 7) is 2.01. The summed E-state index contributed by atoms with van der Waals surface area (Å²) >= 11 is 0. The van der Waals surface area contributed by atoms with Crippen molar-refractivity contribution in [2.75, 3.05) is 15.5 Å². The predicted octanol–water partition coefficient (Wildman–Crippen LogP) is 7.19. The van der Waals surface area contributed by atoms with Crippen LogP contribution in [0.5, 0.6) is 0 Å². The molecule has 4 aromatic rings.